The molecule has 5 aromatic rings. The van der Waals surface area contributed by atoms with E-state index < -0.39 is 23.7 Å². The van der Waals surface area contributed by atoms with Gasteiger partial charge in [-0.05, 0) is 49.7 Å². The number of thiophene rings is 1. The number of nitrogens with zero attached hydrogens (tertiary/aromatic N) is 3. The molecule has 212 valence electrons. The summed E-state index contributed by atoms with van der Waals surface area (Å²) in [4.78, 5) is 29.1. The summed E-state index contributed by atoms with van der Waals surface area (Å²) in [6.07, 6.45) is -3.34. The molecule has 0 aliphatic heterocycles. The SMILES string of the molecule is CCn1ncc(-c2cc(C(F)(F)F)nc3sc(C(N)=O)c(NC(=O)c4ccc(COc5ccccc5Cl)o4)c23)c1C. The lowest BCUT2D eigenvalue weighted by atomic mass is 10.0. The van der Waals surface area contributed by atoms with Crippen LogP contribution in [0.5, 0.6) is 5.75 Å². The van der Waals surface area contributed by atoms with Gasteiger partial charge in [-0.2, -0.15) is 18.3 Å². The van der Waals surface area contributed by atoms with Gasteiger partial charge in [0, 0.05) is 23.2 Å². The molecule has 41 heavy (non-hydrogen) atoms. The maximum absolute atomic E-state index is 13.8. The zero-order valence-electron chi connectivity index (χ0n) is 21.5. The number of amides is 2. The van der Waals surface area contributed by atoms with Crippen molar-refractivity contribution in [3.63, 3.8) is 0 Å². The van der Waals surface area contributed by atoms with Gasteiger partial charge in [-0.25, -0.2) is 4.98 Å². The fraction of sp³-hybridized carbons (Fsp3) is 0.185. The Bertz CT molecular complexity index is 1790. The van der Waals surface area contributed by atoms with Gasteiger partial charge in [0.05, 0.1) is 16.9 Å². The maximum atomic E-state index is 13.8. The van der Waals surface area contributed by atoms with Gasteiger partial charge in [0.15, 0.2) is 5.76 Å². The number of aryl methyl sites for hydroxylation is 1. The number of benzene rings is 1. The number of ether oxygens (including phenoxy) is 1. The number of para-hydroxylation sites is 1. The second-order valence-electron chi connectivity index (χ2n) is 8.80. The number of carbonyl (C=O) groups is 2. The van der Waals surface area contributed by atoms with E-state index in [1.165, 1.54) is 18.3 Å². The highest BCUT2D eigenvalue weighted by Crippen LogP contribution is 2.44. The highest BCUT2D eigenvalue weighted by atomic mass is 35.5. The molecule has 5 rings (SSSR count). The van der Waals surface area contributed by atoms with Crippen LogP contribution in [-0.4, -0.2) is 26.6 Å². The van der Waals surface area contributed by atoms with Gasteiger partial charge in [0.25, 0.3) is 11.8 Å². The number of nitrogens with one attached hydrogen (secondary N) is 1. The van der Waals surface area contributed by atoms with Gasteiger partial charge in [-0.3, -0.25) is 14.3 Å². The molecule has 0 unspecified atom stereocenters. The lowest BCUT2D eigenvalue weighted by molar-refractivity contribution is -0.140. The molecule has 4 aromatic heterocycles. The molecule has 0 radical (unpaired) electrons. The highest BCUT2D eigenvalue weighted by Gasteiger charge is 2.35. The van der Waals surface area contributed by atoms with Gasteiger partial charge in [-0.15, -0.1) is 11.3 Å². The van der Waals surface area contributed by atoms with Gasteiger partial charge < -0.3 is 20.2 Å². The Morgan fingerprint density at radius 2 is 1.95 bits per heavy atom. The third-order valence-electron chi connectivity index (χ3n) is 6.20. The van der Waals surface area contributed by atoms with Crippen molar-refractivity contribution in [1.29, 1.82) is 0 Å². The minimum absolute atomic E-state index is 0.0279. The number of pyridine rings is 1. The molecule has 0 bridgehead atoms. The largest absolute Gasteiger partial charge is 0.484 e. The second kappa shape index (κ2) is 10.9. The van der Waals surface area contributed by atoms with E-state index in [2.05, 4.69) is 15.4 Å². The van der Waals surface area contributed by atoms with Crippen LogP contribution in [0, 0.1) is 6.92 Å². The topological polar surface area (TPSA) is 125 Å². The van der Waals surface area contributed by atoms with E-state index in [4.69, 9.17) is 26.5 Å². The third-order valence-corrected chi connectivity index (χ3v) is 7.61. The molecule has 0 aliphatic rings. The van der Waals surface area contributed by atoms with Crippen LogP contribution < -0.4 is 15.8 Å². The molecule has 0 atom stereocenters. The van der Waals surface area contributed by atoms with E-state index >= 15 is 0 Å². The summed E-state index contributed by atoms with van der Waals surface area (Å²) in [6.45, 7) is 4.00. The van der Waals surface area contributed by atoms with E-state index in [-0.39, 0.29) is 38.7 Å². The van der Waals surface area contributed by atoms with E-state index in [9.17, 15) is 22.8 Å². The molecule has 1 aromatic carbocycles. The first-order chi connectivity index (χ1) is 19.5. The Kier molecular flexibility index (Phi) is 7.49. The average molecular weight is 604 g/mol. The Morgan fingerprint density at radius 1 is 1.20 bits per heavy atom. The van der Waals surface area contributed by atoms with Crippen LogP contribution in [0.4, 0.5) is 18.9 Å². The lowest BCUT2D eigenvalue weighted by Crippen LogP contribution is -2.16. The summed E-state index contributed by atoms with van der Waals surface area (Å²) >= 11 is 6.74. The predicted molar refractivity (Wildman–Crippen MR) is 147 cm³/mol. The summed E-state index contributed by atoms with van der Waals surface area (Å²) in [6, 6.07) is 10.6. The molecule has 14 heteroatoms. The number of nitrogens with two attached hydrogens (primary N) is 1. The Hall–Kier alpha value is -4.36. The molecular formula is C27H21ClF3N5O4S. The molecule has 0 saturated carbocycles. The quantitative estimate of drug-likeness (QED) is 0.204. The highest BCUT2D eigenvalue weighted by molar-refractivity contribution is 7.21. The van der Waals surface area contributed by atoms with E-state index in [0.717, 1.165) is 6.07 Å². The molecule has 4 heterocycles. The summed E-state index contributed by atoms with van der Waals surface area (Å²) in [5.74, 6) is -1.11. The number of carbonyl (C=O) groups excluding carboxylic acids is 2. The molecule has 2 amide bonds. The zero-order valence-corrected chi connectivity index (χ0v) is 23.1. The molecular weight excluding hydrogens is 583 g/mol. The maximum Gasteiger partial charge on any atom is 0.433 e. The predicted octanol–water partition coefficient (Wildman–Crippen LogP) is 6.68. The van der Waals surface area contributed by atoms with Crippen LogP contribution in [-0.2, 0) is 19.3 Å². The monoisotopic (exact) mass is 603 g/mol. The van der Waals surface area contributed by atoms with Crippen molar-refractivity contribution in [1.82, 2.24) is 14.8 Å². The summed E-state index contributed by atoms with van der Waals surface area (Å²) in [5.41, 5.74) is 5.40. The van der Waals surface area contributed by atoms with Crippen molar-refractivity contribution in [2.45, 2.75) is 33.2 Å². The number of halogens is 4. The number of fused-ring (bicyclic) bond motifs is 1. The normalized spacial score (nSPS) is 11.7. The molecule has 0 saturated heterocycles. The number of rotatable bonds is 8. The fourth-order valence-electron chi connectivity index (χ4n) is 4.24. The van der Waals surface area contributed by atoms with E-state index in [1.807, 2.05) is 6.92 Å². The summed E-state index contributed by atoms with van der Waals surface area (Å²) < 4.78 is 54.3. The van der Waals surface area contributed by atoms with Crippen molar-refractivity contribution >= 4 is 50.7 Å². The van der Waals surface area contributed by atoms with E-state index in [0.29, 0.717) is 45.7 Å². The number of hydrogen-bond donors (Lipinski definition) is 2. The van der Waals surface area contributed by atoms with Crippen molar-refractivity contribution in [2.24, 2.45) is 5.73 Å². The smallest absolute Gasteiger partial charge is 0.433 e. The van der Waals surface area contributed by atoms with Crippen molar-refractivity contribution in [3.05, 3.63) is 81.5 Å². The number of hydrogen-bond acceptors (Lipinski definition) is 7. The van der Waals surface area contributed by atoms with Crippen LogP contribution >= 0.6 is 22.9 Å². The van der Waals surface area contributed by atoms with Gasteiger partial charge in [-0.1, -0.05) is 23.7 Å². The number of primary amides is 1. The molecule has 9 nitrogen and oxygen atoms in total. The fourth-order valence-corrected chi connectivity index (χ4v) is 5.44. The Morgan fingerprint density at radius 3 is 2.61 bits per heavy atom. The minimum atomic E-state index is -4.77. The average Bonchev–Trinajstić information content (AvgIpc) is 3.64. The van der Waals surface area contributed by atoms with Crippen LogP contribution in [0.25, 0.3) is 21.3 Å². The second-order valence-corrected chi connectivity index (χ2v) is 10.2. The van der Waals surface area contributed by atoms with Crippen LogP contribution in [0.2, 0.25) is 5.02 Å². The molecule has 0 spiro atoms. The van der Waals surface area contributed by atoms with Gasteiger partial charge >= 0.3 is 6.18 Å². The van der Waals surface area contributed by atoms with Crippen LogP contribution in [0.1, 0.15) is 44.3 Å². The van der Waals surface area contributed by atoms with Crippen LogP contribution in [0.15, 0.2) is 53.1 Å². The Balaban J connectivity index is 1.55. The number of furan rings is 1. The standard InChI is InChI=1S/C27H21ClF3N5O4S/c1-3-36-13(2)16(11-33-36)15-10-20(27(29,30)31)34-26-21(15)22(23(41-26)24(32)37)35-25(38)19-9-8-14(40-19)12-39-18-7-5-4-6-17(18)28/h4-11H,3,12H2,1-2H3,(H2,32,37)(H,35,38). The minimum Gasteiger partial charge on any atom is -0.484 e. The number of alkyl halides is 3. The van der Waals surface area contributed by atoms with Crippen molar-refractivity contribution in [2.75, 3.05) is 5.32 Å². The summed E-state index contributed by atoms with van der Waals surface area (Å²) in [7, 11) is 0. The van der Waals surface area contributed by atoms with E-state index in [1.54, 1.807) is 35.9 Å². The summed E-state index contributed by atoms with van der Waals surface area (Å²) in [5, 5.41) is 7.37. The lowest BCUT2D eigenvalue weighted by Gasteiger charge is -2.12. The van der Waals surface area contributed by atoms with Crippen molar-refractivity contribution < 1.29 is 31.9 Å². The molecule has 0 fully saturated rings. The van der Waals surface area contributed by atoms with Crippen LogP contribution in [0.3, 0.4) is 0 Å². The molecule has 0 aliphatic carbocycles. The van der Waals surface area contributed by atoms with Crippen molar-refractivity contribution in [3.8, 4) is 16.9 Å². The third kappa shape index (κ3) is 5.50. The van der Waals surface area contributed by atoms with Gasteiger partial charge in [0.1, 0.15) is 33.5 Å². The zero-order chi connectivity index (χ0) is 29.5. The number of anilines is 1. The first-order valence-electron chi connectivity index (χ1n) is 12.1. The Labute approximate surface area is 239 Å². The first-order valence-corrected chi connectivity index (χ1v) is 13.3. The number of aromatic nitrogens is 3. The van der Waals surface area contributed by atoms with Gasteiger partial charge in [0.2, 0.25) is 0 Å². The molecule has 3 N–H and O–H groups in total. The first kappa shape index (κ1) is 28.2.